The SMILES string of the molecule is ClC(Cl)(Cl)Cl.[Ba+2].[Cl-].[Cl-]. The Morgan fingerprint density at radius 2 is 0.750 bits per heavy atom. The van der Waals surface area contributed by atoms with E-state index in [0.29, 0.717) is 0 Å². The molecule has 8 heavy (non-hydrogen) atoms. The maximum Gasteiger partial charge on any atom is 2.00 e. The van der Waals surface area contributed by atoms with Crippen molar-refractivity contribution < 1.29 is 24.8 Å². The van der Waals surface area contributed by atoms with E-state index in [0.717, 1.165) is 0 Å². The van der Waals surface area contributed by atoms with Crippen molar-refractivity contribution >= 4 is 95.3 Å². The molecule has 0 aliphatic heterocycles. The summed E-state index contributed by atoms with van der Waals surface area (Å²) in [5.74, 6) is 0. The molecule has 0 saturated carbocycles. The zero-order chi connectivity index (χ0) is 4.50. The summed E-state index contributed by atoms with van der Waals surface area (Å²) in [5.41, 5.74) is 0. The van der Waals surface area contributed by atoms with E-state index in [-0.39, 0.29) is 73.7 Å². The molecule has 0 aromatic carbocycles. The summed E-state index contributed by atoms with van der Waals surface area (Å²) >= 11 is 19.3. The predicted molar refractivity (Wildman–Crippen MR) is 31.9 cm³/mol. The van der Waals surface area contributed by atoms with Crippen molar-refractivity contribution in [2.24, 2.45) is 0 Å². The van der Waals surface area contributed by atoms with Crippen molar-refractivity contribution in [2.45, 2.75) is 3.25 Å². The number of hydrogen-bond acceptors (Lipinski definition) is 0. The summed E-state index contributed by atoms with van der Waals surface area (Å²) in [6.07, 6.45) is 0. The first kappa shape index (κ1) is 22.5. The van der Waals surface area contributed by atoms with Gasteiger partial charge in [0, 0.05) is 0 Å². The topological polar surface area (TPSA) is 0 Å². The largest absolute Gasteiger partial charge is 2.00 e. The van der Waals surface area contributed by atoms with E-state index >= 15 is 0 Å². The van der Waals surface area contributed by atoms with Crippen LogP contribution in [0.5, 0.6) is 0 Å². The molecule has 0 atom stereocenters. The van der Waals surface area contributed by atoms with Crippen LogP contribution in [0.15, 0.2) is 0 Å². The van der Waals surface area contributed by atoms with Gasteiger partial charge in [0.05, 0.1) is 0 Å². The van der Waals surface area contributed by atoms with Crippen LogP contribution in [0.4, 0.5) is 0 Å². The van der Waals surface area contributed by atoms with Crippen molar-refractivity contribution in [2.75, 3.05) is 0 Å². The van der Waals surface area contributed by atoms with Gasteiger partial charge in [0.15, 0.2) is 0 Å². The van der Waals surface area contributed by atoms with Gasteiger partial charge in [-0.05, 0) is 0 Å². The summed E-state index contributed by atoms with van der Waals surface area (Å²) in [6, 6.07) is 0. The van der Waals surface area contributed by atoms with Gasteiger partial charge < -0.3 is 24.8 Å². The molecule has 0 radical (unpaired) electrons. The number of hydrogen-bond donors (Lipinski definition) is 0. The molecule has 0 aromatic heterocycles. The standard InChI is InChI=1S/CCl4.Ba.2ClH/c2-1(3,4)5;;;/h;;2*1H/q;+2;;/p-2. The zero-order valence-electron chi connectivity index (χ0n) is 3.47. The Labute approximate surface area is 121 Å². The Bertz CT molecular complexity index is 24.0. The van der Waals surface area contributed by atoms with Crippen molar-refractivity contribution in [1.29, 1.82) is 0 Å². The minimum absolute atomic E-state index is 0. The first-order valence-corrected chi connectivity index (χ1v) is 2.27. The number of halogens is 6. The molecule has 0 rings (SSSR count). The summed E-state index contributed by atoms with van der Waals surface area (Å²) in [6.45, 7) is 0. The molecule has 0 aliphatic carbocycles. The van der Waals surface area contributed by atoms with Crippen LogP contribution in [0.3, 0.4) is 0 Å². The fraction of sp³-hybridized carbons (Fsp3) is 1.00. The van der Waals surface area contributed by atoms with Gasteiger partial charge in [-0.1, -0.05) is 46.4 Å². The van der Waals surface area contributed by atoms with Crippen LogP contribution in [0.2, 0.25) is 0 Å². The molecule has 0 amide bonds. The molecule has 0 aliphatic rings. The smallest absolute Gasteiger partial charge is 1.00 e. The number of alkyl halides is 4. The Morgan fingerprint density at radius 1 is 0.750 bits per heavy atom. The normalized spacial score (nSPS) is 7.50. The van der Waals surface area contributed by atoms with Gasteiger partial charge in [-0.3, -0.25) is 0 Å². The van der Waals surface area contributed by atoms with Crippen LogP contribution in [0, 0.1) is 0 Å². The van der Waals surface area contributed by atoms with Gasteiger partial charge in [0.2, 0.25) is 0 Å². The number of rotatable bonds is 0. The molecule has 0 N–H and O–H groups in total. The van der Waals surface area contributed by atoms with Crippen LogP contribution >= 0.6 is 46.4 Å². The fourth-order valence-electron chi connectivity index (χ4n) is 0. The molecular weight excluding hydrogens is 362 g/mol. The Kier molecular flexibility index (Phi) is 29.0. The van der Waals surface area contributed by atoms with E-state index in [4.69, 9.17) is 46.4 Å². The monoisotopic (exact) mass is 360 g/mol. The van der Waals surface area contributed by atoms with Crippen molar-refractivity contribution in [1.82, 2.24) is 0 Å². The first-order chi connectivity index (χ1) is 2.00. The summed E-state index contributed by atoms with van der Waals surface area (Å²) < 4.78 is -1.61. The van der Waals surface area contributed by atoms with Gasteiger partial charge in [0.1, 0.15) is 0 Å². The van der Waals surface area contributed by atoms with Gasteiger partial charge in [-0.15, -0.1) is 0 Å². The average Bonchev–Trinajstić information content (AvgIpc) is 0.722. The Hall–Kier alpha value is 3.31. The third-order valence-electron chi connectivity index (χ3n) is 0. The minimum atomic E-state index is -1.61. The first-order valence-electron chi connectivity index (χ1n) is 0.756. The van der Waals surface area contributed by atoms with Gasteiger partial charge in [-0.2, -0.15) is 0 Å². The maximum atomic E-state index is 4.83. The summed E-state index contributed by atoms with van der Waals surface area (Å²) in [5, 5.41) is 0. The molecule has 0 bridgehead atoms. The van der Waals surface area contributed by atoms with Crippen LogP contribution in [-0.2, 0) is 0 Å². The Balaban J connectivity index is -0.0000000267. The zero-order valence-corrected chi connectivity index (χ0v) is 12.5. The molecule has 0 saturated heterocycles. The quantitative estimate of drug-likeness (QED) is 0.306. The van der Waals surface area contributed by atoms with Gasteiger partial charge in [-0.25, -0.2) is 0 Å². The molecule has 0 heterocycles. The minimum Gasteiger partial charge on any atom is -1.00 e. The molecule has 0 nitrogen and oxygen atoms in total. The summed E-state index contributed by atoms with van der Waals surface area (Å²) in [7, 11) is 0. The van der Waals surface area contributed by atoms with E-state index in [2.05, 4.69) is 0 Å². The second-order valence-electron chi connectivity index (χ2n) is 0.429. The van der Waals surface area contributed by atoms with Crippen molar-refractivity contribution in [3.8, 4) is 0 Å². The molecule has 0 aromatic rings. The summed E-state index contributed by atoms with van der Waals surface area (Å²) in [4.78, 5) is 0. The molecule has 48 valence electrons. The Morgan fingerprint density at radius 3 is 0.750 bits per heavy atom. The van der Waals surface area contributed by atoms with Crippen molar-refractivity contribution in [3.63, 3.8) is 0 Å². The third kappa shape index (κ3) is 58.7. The second kappa shape index (κ2) is 10.3. The van der Waals surface area contributed by atoms with Gasteiger partial charge in [0.25, 0.3) is 3.25 Å². The van der Waals surface area contributed by atoms with Gasteiger partial charge >= 0.3 is 48.9 Å². The molecule has 0 unspecified atom stereocenters. The molecule has 7 heteroatoms. The molecule has 0 spiro atoms. The van der Waals surface area contributed by atoms with E-state index in [1.165, 1.54) is 0 Å². The molecular formula is CBaCl6. The fourth-order valence-corrected chi connectivity index (χ4v) is 0. The maximum absolute atomic E-state index is 4.83. The van der Waals surface area contributed by atoms with Crippen LogP contribution in [0.1, 0.15) is 0 Å². The van der Waals surface area contributed by atoms with E-state index < -0.39 is 3.25 Å². The van der Waals surface area contributed by atoms with Crippen LogP contribution in [-0.4, -0.2) is 52.1 Å². The van der Waals surface area contributed by atoms with E-state index in [1.54, 1.807) is 0 Å². The third-order valence-corrected chi connectivity index (χ3v) is 0. The van der Waals surface area contributed by atoms with Crippen molar-refractivity contribution in [3.05, 3.63) is 0 Å². The second-order valence-corrected chi connectivity index (χ2v) is 3.86. The average molecular weight is 362 g/mol. The van der Waals surface area contributed by atoms with E-state index in [1.807, 2.05) is 0 Å². The van der Waals surface area contributed by atoms with E-state index in [9.17, 15) is 0 Å². The van der Waals surface area contributed by atoms with Crippen LogP contribution < -0.4 is 24.8 Å². The molecule has 0 fully saturated rings. The predicted octanol–water partition coefficient (Wildman–Crippen LogP) is -3.82. The van der Waals surface area contributed by atoms with Crippen LogP contribution in [0.25, 0.3) is 0 Å².